The summed E-state index contributed by atoms with van der Waals surface area (Å²) in [6, 6.07) is 9.67. The molecule has 3 fully saturated rings. The summed E-state index contributed by atoms with van der Waals surface area (Å²) in [7, 11) is 0. The number of benzene rings is 1. The van der Waals surface area contributed by atoms with Gasteiger partial charge in [0.15, 0.2) is 0 Å². The van der Waals surface area contributed by atoms with Crippen LogP contribution in [0.4, 0.5) is 0 Å². The first-order valence-electron chi connectivity index (χ1n) is 9.70. The summed E-state index contributed by atoms with van der Waals surface area (Å²) < 4.78 is 0. The Morgan fingerprint density at radius 1 is 1.04 bits per heavy atom. The van der Waals surface area contributed by atoms with Crippen molar-refractivity contribution >= 4 is 11.9 Å². The van der Waals surface area contributed by atoms with Crippen molar-refractivity contribution in [2.24, 2.45) is 5.92 Å². The molecule has 1 aliphatic carbocycles. The molecule has 1 saturated carbocycles. The topological polar surface area (TPSA) is 81.7 Å². The van der Waals surface area contributed by atoms with Crippen LogP contribution in [0.15, 0.2) is 30.3 Å². The van der Waals surface area contributed by atoms with Crippen LogP contribution >= 0.6 is 0 Å². The van der Waals surface area contributed by atoms with E-state index < -0.39 is 11.4 Å². The first kappa shape index (κ1) is 17.5. The fraction of sp³-hybridized carbons (Fsp3) is 0.600. The van der Waals surface area contributed by atoms with Crippen LogP contribution < -0.4 is 10.9 Å². The van der Waals surface area contributed by atoms with Crippen molar-refractivity contribution in [3.8, 4) is 0 Å². The third kappa shape index (κ3) is 2.91. The predicted octanol–water partition coefficient (Wildman–Crippen LogP) is 1.67. The number of amides is 1. The zero-order valence-electron chi connectivity index (χ0n) is 15.0. The van der Waals surface area contributed by atoms with Crippen LogP contribution in [-0.2, 0) is 15.0 Å². The van der Waals surface area contributed by atoms with E-state index in [0.717, 1.165) is 18.4 Å². The molecule has 6 heteroatoms. The number of hydrazine groups is 1. The van der Waals surface area contributed by atoms with Crippen LogP contribution in [0.5, 0.6) is 0 Å². The van der Waals surface area contributed by atoms with E-state index in [9.17, 15) is 14.7 Å². The molecule has 6 nitrogen and oxygen atoms in total. The number of carboxylic acids is 1. The second-order valence-electron chi connectivity index (χ2n) is 7.90. The highest BCUT2D eigenvalue weighted by atomic mass is 16.4. The van der Waals surface area contributed by atoms with Crippen LogP contribution in [0.3, 0.4) is 0 Å². The Morgan fingerprint density at radius 2 is 1.73 bits per heavy atom. The molecule has 0 spiro atoms. The van der Waals surface area contributed by atoms with Gasteiger partial charge >= 0.3 is 5.97 Å². The highest BCUT2D eigenvalue weighted by molar-refractivity contribution is 5.85. The number of nitrogens with one attached hydrogen (secondary N) is 2. The monoisotopic (exact) mass is 357 g/mol. The van der Waals surface area contributed by atoms with E-state index in [0.29, 0.717) is 37.9 Å². The minimum absolute atomic E-state index is 0.124. The lowest BCUT2D eigenvalue weighted by molar-refractivity contribution is -0.149. The number of piperidine rings is 1. The Balaban J connectivity index is 1.46. The molecule has 0 aromatic heterocycles. The van der Waals surface area contributed by atoms with E-state index in [2.05, 4.69) is 10.9 Å². The summed E-state index contributed by atoms with van der Waals surface area (Å²) in [6.07, 6.45) is 5.54. The van der Waals surface area contributed by atoms with Crippen molar-refractivity contribution in [1.82, 2.24) is 15.8 Å². The lowest BCUT2D eigenvalue weighted by Crippen LogP contribution is -2.54. The number of rotatable bonds is 3. The van der Waals surface area contributed by atoms with E-state index in [-0.39, 0.29) is 11.9 Å². The molecular formula is C20H27N3O3. The van der Waals surface area contributed by atoms with Crippen molar-refractivity contribution in [3.05, 3.63) is 35.9 Å². The zero-order valence-corrected chi connectivity index (χ0v) is 15.0. The van der Waals surface area contributed by atoms with Gasteiger partial charge < -0.3 is 10.0 Å². The Hall–Kier alpha value is -1.92. The molecule has 2 saturated heterocycles. The maximum atomic E-state index is 13.0. The number of carbonyl (C=O) groups excluding carboxylic acids is 1. The number of hydrogen-bond acceptors (Lipinski definition) is 4. The largest absolute Gasteiger partial charge is 0.481 e. The number of nitrogens with zero attached hydrogens (tertiary/aromatic N) is 1. The number of fused-ring (bicyclic) bond motifs is 1. The summed E-state index contributed by atoms with van der Waals surface area (Å²) in [5.41, 5.74) is 6.47. The van der Waals surface area contributed by atoms with Gasteiger partial charge in [-0.05, 0) is 31.2 Å². The predicted molar refractivity (Wildman–Crippen MR) is 97.4 cm³/mol. The average molecular weight is 357 g/mol. The van der Waals surface area contributed by atoms with E-state index in [1.807, 2.05) is 35.2 Å². The van der Waals surface area contributed by atoms with Gasteiger partial charge in [-0.15, -0.1) is 0 Å². The van der Waals surface area contributed by atoms with Gasteiger partial charge in [0.1, 0.15) is 6.04 Å². The fourth-order valence-corrected chi connectivity index (χ4v) is 4.98. The van der Waals surface area contributed by atoms with E-state index in [1.165, 1.54) is 12.8 Å². The summed E-state index contributed by atoms with van der Waals surface area (Å²) in [6.45, 7) is 0.991. The van der Waals surface area contributed by atoms with E-state index >= 15 is 0 Å². The molecule has 1 aromatic carbocycles. The molecule has 2 aliphatic heterocycles. The maximum Gasteiger partial charge on any atom is 0.314 e. The molecule has 0 bridgehead atoms. The third-order valence-corrected chi connectivity index (χ3v) is 6.60. The summed E-state index contributed by atoms with van der Waals surface area (Å²) in [5.74, 6) is -0.306. The molecule has 140 valence electrons. The SMILES string of the molecule is O=C(C1NNC2CCCCC21)N1CCC(C(=O)O)(c2ccccc2)CC1. The lowest BCUT2D eigenvalue weighted by Gasteiger charge is -2.40. The number of carboxylic acid groups (broad SMARTS) is 1. The summed E-state index contributed by atoms with van der Waals surface area (Å²) >= 11 is 0. The number of likely N-dealkylation sites (tertiary alicyclic amines) is 1. The second-order valence-corrected chi connectivity index (χ2v) is 7.90. The van der Waals surface area contributed by atoms with Crippen LogP contribution in [0.1, 0.15) is 44.1 Å². The van der Waals surface area contributed by atoms with Crippen LogP contribution in [0.25, 0.3) is 0 Å². The lowest BCUT2D eigenvalue weighted by atomic mass is 9.72. The highest BCUT2D eigenvalue weighted by Gasteiger charge is 2.47. The van der Waals surface area contributed by atoms with Crippen LogP contribution in [0, 0.1) is 5.92 Å². The van der Waals surface area contributed by atoms with Gasteiger partial charge in [-0.2, -0.15) is 0 Å². The average Bonchev–Trinajstić information content (AvgIpc) is 3.12. The quantitative estimate of drug-likeness (QED) is 0.767. The minimum atomic E-state index is -0.882. The molecule has 3 aliphatic rings. The number of hydrogen-bond donors (Lipinski definition) is 3. The first-order chi connectivity index (χ1) is 12.6. The van der Waals surface area contributed by atoms with Gasteiger partial charge in [0.2, 0.25) is 5.91 Å². The van der Waals surface area contributed by atoms with Crippen molar-refractivity contribution in [1.29, 1.82) is 0 Å². The Labute approximate surface area is 153 Å². The zero-order chi connectivity index (χ0) is 18.1. The number of aliphatic carboxylic acids is 1. The van der Waals surface area contributed by atoms with Crippen LogP contribution in [-0.4, -0.2) is 47.1 Å². The molecule has 1 aromatic rings. The minimum Gasteiger partial charge on any atom is -0.481 e. The van der Waals surface area contributed by atoms with Gasteiger partial charge in [-0.3, -0.25) is 15.0 Å². The molecule has 3 atom stereocenters. The molecule has 26 heavy (non-hydrogen) atoms. The second kappa shape index (κ2) is 7.00. The first-order valence-corrected chi connectivity index (χ1v) is 9.70. The van der Waals surface area contributed by atoms with Crippen molar-refractivity contribution in [2.75, 3.05) is 13.1 Å². The van der Waals surface area contributed by atoms with E-state index in [4.69, 9.17) is 0 Å². The molecule has 3 unspecified atom stereocenters. The molecule has 1 amide bonds. The van der Waals surface area contributed by atoms with Gasteiger partial charge in [-0.25, -0.2) is 5.43 Å². The van der Waals surface area contributed by atoms with Gasteiger partial charge in [-0.1, -0.05) is 43.2 Å². The number of carbonyl (C=O) groups is 2. The Bertz CT molecular complexity index is 670. The van der Waals surface area contributed by atoms with Gasteiger partial charge in [0.05, 0.1) is 5.41 Å². The Kier molecular flexibility index (Phi) is 4.71. The molecule has 0 radical (unpaired) electrons. The smallest absolute Gasteiger partial charge is 0.314 e. The van der Waals surface area contributed by atoms with Crippen LogP contribution in [0.2, 0.25) is 0 Å². The third-order valence-electron chi connectivity index (χ3n) is 6.60. The maximum absolute atomic E-state index is 13.0. The summed E-state index contributed by atoms with van der Waals surface area (Å²) in [5, 5.41) is 9.91. The molecule has 2 heterocycles. The van der Waals surface area contributed by atoms with E-state index in [1.54, 1.807) is 0 Å². The van der Waals surface area contributed by atoms with Gasteiger partial charge in [0.25, 0.3) is 0 Å². The standard InChI is InChI=1S/C20H27N3O3/c24-18(17-15-8-4-5-9-16(15)21-22-17)23-12-10-20(11-13-23,19(25)26)14-6-2-1-3-7-14/h1-3,6-7,15-17,21-22H,4-5,8-13H2,(H,25,26). The van der Waals surface area contributed by atoms with Crippen molar-refractivity contribution in [3.63, 3.8) is 0 Å². The van der Waals surface area contributed by atoms with Crippen molar-refractivity contribution < 1.29 is 14.7 Å². The van der Waals surface area contributed by atoms with Gasteiger partial charge in [0, 0.05) is 25.0 Å². The summed E-state index contributed by atoms with van der Waals surface area (Å²) in [4.78, 5) is 27.0. The fourth-order valence-electron chi connectivity index (χ4n) is 4.98. The highest BCUT2D eigenvalue weighted by Crippen LogP contribution is 2.37. The Morgan fingerprint density at radius 3 is 2.42 bits per heavy atom. The van der Waals surface area contributed by atoms with Crippen molar-refractivity contribution in [2.45, 2.75) is 56.0 Å². The molecule has 3 N–H and O–H groups in total. The molecular weight excluding hydrogens is 330 g/mol. The molecule has 4 rings (SSSR count). The normalized spacial score (nSPS) is 30.6.